The van der Waals surface area contributed by atoms with Gasteiger partial charge in [-0.05, 0) is 36.5 Å². The summed E-state index contributed by atoms with van der Waals surface area (Å²) in [5.74, 6) is -2.74. The van der Waals surface area contributed by atoms with Crippen LogP contribution in [0.15, 0.2) is 24.3 Å². The second-order valence-electron chi connectivity index (χ2n) is 3.56. The van der Waals surface area contributed by atoms with Crippen molar-refractivity contribution in [1.82, 2.24) is 5.32 Å². The highest BCUT2D eigenvalue weighted by Crippen LogP contribution is 2.22. The monoisotopic (exact) mass is 282 g/mol. The van der Waals surface area contributed by atoms with Crippen molar-refractivity contribution < 1.29 is 14.4 Å². The van der Waals surface area contributed by atoms with Crippen LogP contribution in [-0.4, -0.2) is 23.2 Å². The lowest BCUT2D eigenvalue weighted by atomic mass is 10.1. The zero-order chi connectivity index (χ0) is 13.3. The lowest BCUT2D eigenvalue weighted by Crippen LogP contribution is -2.58. The Kier molecular flexibility index (Phi) is 3.40. The molecule has 1 aliphatic rings. The number of aldehydes is 1. The molecule has 1 saturated heterocycles. The zero-order valence-electron chi connectivity index (χ0n) is 8.92. The fourth-order valence-corrected chi connectivity index (χ4v) is 1.97. The van der Waals surface area contributed by atoms with Gasteiger partial charge in [0, 0.05) is 5.02 Å². The molecule has 0 aromatic heterocycles. The van der Waals surface area contributed by atoms with Crippen LogP contribution in [0.25, 0.3) is 0 Å². The molecule has 1 unspecified atom stereocenters. The Morgan fingerprint density at radius 2 is 1.89 bits per heavy atom. The molecule has 0 saturated carbocycles. The number of hydrogen-bond donors (Lipinski definition) is 1. The first-order chi connectivity index (χ1) is 8.54. The van der Waals surface area contributed by atoms with Crippen molar-refractivity contribution in [3.63, 3.8) is 0 Å². The van der Waals surface area contributed by atoms with Crippen LogP contribution in [0.4, 0.5) is 5.69 Å². The normalized spacial score (nSPS) is 19.7. The largest absolute Gasteiger partial charge is 0.302 e. The van der Waals surface area contributed by atoms with Gasteiger partial charge in [-0.1, -0.05) is 11.6 Å². The first kappa shape index (κ1) is 12.7. The van der Waals surface area contributed by atoms with Gasteiger partial charge in [0.05, 0.1) is 5.69 Å². The summed E-state index contributed by atoms with van der Waals surface area (Å²) in [7, 11) is 0. The van der Waals surface area contributed by atoms with Gasteiger partial charge < -0.3 is 10.1 Å². The van der Waals surface area contributed by atoms with Crippen LogP contribution in [0.2, 0.25) is 5.02 Å². The molecule has 1 aliphatic heterocycles. The van der Waals surface area contributed by atoms with Crippen LogP contribution in [0, 0.1) is 5.92 Å². The Bertz CT molecular complexity index is 544. The molecule has 1 heterocycles. The van der Waals surface area contributed by atoms with Gasteiger partial charge >= 0.3 is 0 Å². The lowest BCUT2D eigenvalue weighted by molar-refractivity contribution is -0.136. The number of halogens is 1. The number of anilines is 1. The second kappa shape index (κ2) is 4.83. The Hall–Kier alpha value is -1.79. The van der Waals surface area contributed by atoms with Gasteiger partial charge in [0.2, 0.25) is 5.91 Å². The summed E-state index contributed by atoms with van der Waals surface area (Å²) in [5, 5.41) is 2.76. The molecule has 2 rings (SSSR count). The van der Waals surface area contributed by atoms with Crippen LogP contribution in [0.1, 0.15) is 0 Å². The van der Waals surface area contributed by atoms with Crippen LogP contribution in [0.5, 0.6) is 0 Å². The fourth-order valence-electron chi connectivity index (χ4n) is 1.55. The van der Waals surface area contributed by atoms with Crippen molar-refractivity contribution in [2.45, 2.75) is 0 Å². The second-order valence-corrected chi connectivity index (χ2v) is 4.38. The Labute approximate surface area is 113 Å². The first-order valence-corrected chi connectivity index (χ1v) is 5.73. The maximum Gasteiger partial charge on any atom is 0.253 e. The van der Waals surface area contributed by atoms with Crippen molar-refractivity contribution >= 4 is 52.7 Å². The number of nitrogens with zero attached hydrogens (tertiary/aromatic N) is 1. The van der Waals surface area contributed by atoms with E-state index in [4.69, 9.17) is 23.8 Å². The summed E-state index contributed by atoms with van der Waals surface area (Å²) in [6, 6.07) is 6.32. The molecule has 0 bridgehead atoms. The third-order valence-corrected chi connectivity index (χ3v) is 2.96. The van der Waals surface area contributed by atoms with Crippen LogP contribution >= 0.6 is 23.8 Å². The van der Waals surface area contributed by atoms with E-state index in [1.54, 1.807) is 24.3 Å². The minimum atomic E-state index is -1.37. The molecule has 0 radical (unpaired) electrons. The molecule has 5 nitrogen and oxygen atoms in total. The molecule has 1 atom stereocenters. The predicted octanol–water partition coefficient (Wildman–Crippen LogP) is 0.903. The topological polar surface area (TPSA) is 66.5 Å². The zero-order valence-corrected chi connectivity index (χ0v) is 10.5. The molecule has 92 valence electrons. The standard InChI is InChI=1S/C11H7ClN2O3S/c12-6-1-3-7(4-2-6)14-10(17)8(5-15)9(16)13-11(14)18/h1-5,8H,(H,13,16,18). The van der Waals surface area contributed by atoms with Gasteiger partial charge in [-0.2, -0.15) is 0 Å². The molecular weight excluding hydrogens is 276 g/mol. The van der Waals surface area contributed by atoms with Gasteiger partial charge in [-0.15, -0.1) is 0 Å². The summed E-state index contributed by atoms with van der Waals surface area (Å²) in [6.07, 6.45) is 0.294. The summed E-state index contributed by atoms with van der Waals surface area (Å²) in [5.41, 5.74) is 0.446. The minimum absolute atomic E-state index is 0.0505. The molecular formula is C11H7ClN2O3S. The lowest BCUT2D eigenvalue weighted by Gasteiger charge is -2.30. The van der Waals surface area contributed by atoms with Crippen LogP contribution < -0.4 is 10.2 Å². The van der Waals surface area contributed by atoms with Crippen LogP contribution in [-0.2, 0) is 14.4 Å². The van der Waals surface area contributed by atoms with Gasteiger partial charge in [-0.3, -0.25) is 14.5 Å². The maximum atomic E-state index is 12.0. The first-order valence-electron chi connectivity index (χ1n) is 4.94. The van der Waals surface area contributed by atoms with E-state index in [-0.39, 0.29) is 5.11 Å². The van der Waals surface area contributed by atoms with E-state index in [9.17, 15) is 14.4 Å². The third-order valence-electron chi connectivity index (χ3n) is 2.42. The van der Waals surface area contributed by atoms with Crippen molar-refractivity contribution in [3.8, 4) is 0 Å². The smallest absolute Gasteiger partial charge is 0.253 e. The molecule has 18 heavy (non-hydrogen) atoms. The van der Waals surface area contributed by atoms with E-state index in [0.29, 0.717) is 17.0 Å². The minimum Gasteiger partial charge on any atom is -0.302 e. The van der Waals surface area contributed by atoms with Gasteiger partial charge in [-0.25, -0.2) is 0 Å². The highest BCUT2D eigenvalue weighted by Gasteiger charge is 2.39. The molecule has 2 amide bonds. The molecule has 1 fully saturated rings. The summed E-state index contributed by atoms with van der Waals surface area (Å²) >= 11 is 10.7. The maximum absolute atomic E-state index is 12.0. The molecule has 1 aromatic rings. The number of benzene rings is 1. The average Bonchev–Trinajstić information content (AvgIpc) is 2.31. The van der Waals surface area contributed by atoms with Crippen molar-refractivity contribution in [2.24, 2.45) is 5.92 Å². The molecule has 0 aliphatic carbocycles. The van der Waals surface area contributed by atoms with Crippen molar-refractivity contribution in [3.05, 3.63) is 29.3 Å². The van der Waals surface area contributed by atoms with Gasteiger partial charge in [0.15, 0.2) is 11.0 Å². The molecule has 7 heteroatoms. The molecule has 1 aromatic carbocycles. The molecule has 1 N–H and O–H groups in total. The average molecular weight is 283 g/mol. The third kappa shape index (κ3) is 2.12. The molecule has 0 spiro atoms. The predicted molar refractivity (Wildman–Crippen MR) is 69.2 cm³/mol. The van der Waals surface area contributed by atoms with E-state index in [2.05, 4.69) is 5.32 Å². The Morgan fingerprint density at radius 3 is 2.44 bits per heavy atom. The number of nitrogens with one attached hydrogen (secondary N) is 1. The number of thiocarbonyl (C=S) groups is 1. The quantitative estimate of drug-likeness (QED) is 0.497. The van der Waals surface area contributed by atoms with E-state index in [0.717, 1.165) is 4.90 Å². The van der Waals surface area contributed by atoms with E-state index >= 15 is 0 Å². The highest BCUT2D eigenvalue weighted by molar-refractivity contribution is 7.80. The number of rotatable bonds is 2. The Morgan fingerprint density at radius 1 is 1.28 bits per heavy atom. The van der Waals surface area contributed by atoms with E-state index < -0.39 is 17.7 Å². The summed E-state index contributed by atoms with van der Waals surface area (Å²) in [6.45, 7) is 0. The SMILES string of the molecule is O=CC1C(=O)NC(=S)N(c2ccc(Cl)cc2)C1=O. The highest BCUT2D eigenvalue weighted by atomic mass is 35.5. The van der Waals surface area contributed by atoms with Crippen molar-refractivity contribution in [2.75, 3.05) is 4.90 Å². The number of hydrogen-bond acceptors (Lipinski definition) is 4. The van der Waals surface area contributed by atoms with Gasteiger partial charge in [0.1, 0.15) is 6.29 Å². The number of carbonyl (C=O) groups is 3. The summed E-state index contributed by atoms with van der Waals surface area (Å²) in [4.78, 5) is 35.2. The number of amides is 2. The van der Waals surface area contributed by atoms with E-state index in [1.165, 1.54) is 0 Å². The van der Waals surface area contributed by atoms with Crippen molar-refractivity contribution in [1.29, 1.82) is 0 Å². The van der Waals surface area contributed by atoms with Gasteiger partial charge in [0.25, 0.3) is 5.91 Å². The fraction of sp³-hybridized carbons (Fsp3) is 0.0909. The van der Waals surface area contributed by atoms with E-state index in [1.807, 2.05) is 0 Å². The Balaban J connectivity index is 2.39. The number of carbonyl (C=O) groups excluding carboxylic acids is 3. The van der Waals surface area contributed by atoms with Crippen LogP contribution in [0.3, 0.4) is 0 Å². The summed E-state index contributed by atoms with van der Waals surface area (Å²) < 4.78 is 0.